The number of epoxide rings is 1. The Kier molecular flexibility index (Phi) is 2.98. The van der Waals surface area contributed by atoms with Crippen LogP contribution < -0.4 is 0 Å². The van der Waals surface area contributed by atoms with Crippen molar-refractivity contribution in [3.63, 3.8) is 0 Å². The van der Waals surface area contributed by atoms with E-state index in [2.05, 4.69) is 19.9 Å². The predicted molar refractivity (Wildman–Crippen MR) is 96.3 cm³/mol. The van der Waals surface area contributed by atoms with Crippen LogP contribution in [-0.4, -0.2) is 34.0 Å². The smallest absolute Gasteiger partial charge is 0.178 e. The fraction of sp³-hybridized carbons (Fsp3) is 0.727. The van der Waals surface area contributed by atoms with Crippen LogP contribution >= 0.6 is 0 Å². The second-order valence-electron chi connectivity index (χ2n) is 9.84. The Hall–Kier alpha value is -1.26. The summed E-state index contributed by atoms with van der Waals surface area (Å²) in [6, 6.07) is 0. The molecule has 0 unspecified atom stereocenters. The molecule has 1 heterocycles. The molecule has 26 heavy (non-hydrogen) atoms. The number of allylic oxidation sites excluding steroid dienone is 2. The molecule has 0 aromatic rings. The Balaban J connectivity index is 1.62. The monoisotopic (exact) mass is 356 g/mol. The van der Waals surface area contributed by atoms with E-state index in [0.717, 1.165) is 25.7 Å². The van der Waals surface area contributed by atoms with Crippen LogP contribution in [0.1, 0.15) is 53.4 Å². The summed E-state index contributed by atoms with van der Waals surface area (Å²) in [6.45, 7) is 7.89. The van der Waals surface area contributed by atoms with Crippen molar-refractivity contribution in [3.8, 4) is 0 Å². The standard InChI is InChI=1S/C22H28O4/c1-12-9-17-16-6-5-14-10-15(24)7-8-19(14,3)22(16)18(26-22)11-20(17,4)21(12,25)13(2)23/h7-8,10,12,16-18,25H,5-6,9,11H2,1-4H3/t12-,16+,17+,18-,19+,20+,21+,22-/m1/s1. The zero-order valence-corrected chi connectivity index (χ0v) is 16.0. The van der Waals surface area contributed by atoms with Crippen LogP contribution in [0, 0.1) is 28.6 Å². The minimum Gasteiger partial charge on any atom is -0.381 e. The third-order valence-corrected chi connectivity index (χ3v) is 9.05. The molecular formula is C22H28O4. The lowest BCUT2D eigenvalue weighted by molar-refractivity contribution is -0.160. The summed E-state index contributed by atoms with van der Waals surface area (Å²) in [5.41, 5.74) is -0.999. The maximum Gasteiger partial charge on any atom is 0.178 e. The van der Waals surface area contributed by atoms with Crippen molar-refractivity contribution in [2.75, 3.05) is 0 Å². The molecule has 4 nitrogen and oxygen atoms in total. The third kappa shape index (κ3) is 1.53. The van der Waals surface area contributed by atoms with Crippen LogP contribution in [-0.2, 0) is 14.3 Å². The predicted octanol–water partition coefficient (Wildman–Crippen LogP) is 2.99. The number of ketones is 2. The fourth-order valence-electron chi connectivity index (χ4n) is 7.73. The van der Waals surface area contributed by atoms with Gasteiger partial charge in [-0.05, 0) is 69.4 Å². The Morgan fingerprint density at radius 1 is 1.31 bits per heavy atom. The van der Waals surface area contributed by atoms with Gasteiger partial charge in [0.05, 0.1) is 6.10 Å². The van der Waals surface area contributed by atoms with E-state index >= 15 is 0 Å². The summed E-state index contributed by atoms with van der Waals surface area (Å²) < 4.78 is 6.46. The van der Waals surface area contributed by atoms with E-state index in [1.165, 1.54) is 12.5 Å². The van der Waals surface area contributed by atoms with Gasteiger partial charge in [0.1, 0.15) is 11.2 Å². The van der Waals surface area contributed by atoms with Gasteiger partial charge in [0.2, 0.25) is 0 Å². The highest BCUT2D eigenvalue weighted by atomic mass is 16.6. The van der Waals surface area contributed by atoms with Gasteiger partial charge in [-0.1, -0.05) is 25.5 Å². The molecule has 4 heteroatoms. The number of hydrogen-bond donors (Lipinski definition) is 1. The Bertz CT molecular complexity index is 796. The maximum absolute atomic E-state index is 12.5. The van der Waals surface area contributed by atoms with E-state index in [4.69, 9.17) is 4.74 Å². The molecule has 140 valence electrons. The van der Waals surface area contributed by atoms with E-state index in [1.54, 1.807) is 12.2 Å². The molecule has 5 rings (SSSR count). The zero-order chi connectivity index (χ0) is 18.7. The number of carbonyl (C=O) groups excluding carboxylic acids is 2. The first kappa shape index (κ1) is 16.9. The number of rotatable bonds is 1. The van der Waals surface area contributed by atoms with Crippen molar-refractivity contribution in [3.05, 3.63) is 23.8 Å². The molecule has 1 spiro atoms. The lowest BCUT2D eigenvalue weighted by atomic mass is 9.47. The molecule has 8 atom stereocenters. The molecule has 5 aliphatic rings. The Morgan fingerprint density at radius 3 is 2.73 bits per heavy atom. The van der Waals surface area contributed by atoms with Crippen LogP contribution in [0.3, 0.4) is 0 Å². The van der Waals surface area contributed by atoms with Crippen LogP contribution in [0.5, 0.6) is 0 Å². The topological polar surface area (TPSA) is 66.9 Å². The molecule has 3 saturated carbocycles. The van der Waals surface area contributed by atoms with Crippen molar-refractivity contribution < 1.29 is 19.4 Å². The summed E-state index contributed by atoms with van der Waals surface area (Å²) in [5, 5.41) is 11.5. The van der Waals surface area contributed by atoms with Crippen molar-refractivity contribution in [1.29, 1.82) is 0 Å². The molecular weight excluding hydrogens is 328 g/mol. The van der Waals surface area contributed by atoms with Crippen molar-refractivity contribution in [2.24, 2.45) is 28.6 Å². The largest absolute Gasteiger partial charge is 0.381 e. The van der Waals surface area contributed by atoms with E-state index in [0.29, 0.717) is 5.92 Å². The van der Waals surface area contributed by atoms with Gasteiger partial charge in [0, 0.05) is 10.8 Å². The first-order valence-corrected chi connectivity index (χ1v) is 9.97. The Morgan fingerprint density at radius 2 is 2.04 bits per heavy atom. The van der Waals surface area contributed by atoms with E-state index in [1.807, 2.05) is 6.92 Å². The number of fused-ring (bicyclic) bond motifs is 3. The van der Waals surface area contributed by atoms with Crippen molar-refractivity contribution in [2.45, 2.75) is 70.7 Å². The quantitative estimate of drug-likeness (QED) is 0.734. The van der Waals surface area contributed by atoms with Gasteiger partial charge < -0.3 is 9.84 Å². The number of hydrogen-bond acceptors (Lipinski definition) is 4. The van der Waals surface area contributed by atoms with Crippen LogP contribution in [0.2, 0.25) is 0 Å². The van der Waals surface area contributed by atoms with Crippen LogP contribution in [0.25, 0.3) is 0 Å². The lowest BCUT2D eigenvalue weighted by Crippen LogP contribution is -2.61. The van der Waals surface area contributed by atoms with Gasteiger partial charge in [-0.25, -0.2) is 0 Å². The summed E-state index contributed by atoms with van der Waals surface area (Å²) in [5.74, 6) is 0.536. The van der Waals surface area contributed by atoms with E-state index in [-0.39, 0.29) is 40.5 Å². The first-order valence-electron chi connectivity index (χ1n) is 9.97. The molecule has 0 aromatic heterocycles. The third-order valence-electron chi connectivity index (χ3n) is 9.05. The van der Waals surface area contributed by atoms with Gasteiger partial charge in [-0.3, -0.25) is 9.59 Å². The molecule has 1 aliphatic heterocycles. The maximum atomic E-state index is 12.5. The average molecular weight is 356 g/mol. The molecule has 1 N–H and O–H groups in total. The summed E-state index contributed by atoms with van der Waals surface area (Å²) in [7, 11) is 0. The Labute approximate surface area is 154 Å². The molecule has 0 aromatic carbocycles. The first-order chi connectivity index (χ1) is 12.1. The number of carbonyl (C=O) groups is 2. The average Bonchev–Trinajstić information content (AvgIpc) is 3.25. The van der Waals surface area contributed by atoms with Crippen LogP contribution in [0.4, 0.5) is 0 Å². The second-order valence-corrected chi connectivity index (χ2v) is 9.84. The number of Topliss-reactive ketones (excluding diaryl/α,β-unsaturated/α-hetero) is 1. The minimum atomic E-state index is -1.26. The lowest BCUT2D eigenvalue weighted by Gasteiger charge is -2.55. The van der Waals surface area contributed by atoms with Crippen LogP contribution in [0.15, 0.2) is 23.8 Å². The van der Waals surface area contributed by atoms with Gasteiger partial charge in [0.25, 0.3) is 0 Å². The molecule has 0 radical (unpaired) electrons. The van der Waals surface area contributed by atoms with Gasteiger partial charge in [-0.2, -0.15) is 0 Å². The normalized spacial score (nSPS) is 56.8. The second kappa shape index (κ2) is 4.59. The highest BCUT2D eigenvalue weighted by Gasteiger charge is 2.81. The summed E-state index contributed by atoms with van der Waals surface area (Å²) >= 11 is 0. The molecule has 0 bridgehead atoms. The van der Waals surface area contributed by atoms with E-state index < -0.39 is 11.0 Å². The highest BCUT2D eigenvalue weighted by Crippen LogP contribution is 2.76. The zero-order valence-electron chi connectivity index (χ0n) is 16.0. The SMILES string of the molecule is CC(=O)[C@@]1(O)[C@H](C)C[C@H]2[C@@H]3CCC4=CC(=O)C=C[C@]4(C)[C@@]34O[C@@H]4C[C@@]21C. The molecule has 1 saturated heterocycles. The minimum absolute atomic E-state index is 0.0298. The molecule has 4 fully saturated rings. The summed E-state index contributed by atoms with van der Waals surface area (Å²) in [6.07, 6.45) is 9.07. The molecule has 0 amide bonds. The summed E-state index contributed by atoms with van der Waals surface area (Å²) in [4.78, 5) is 24.4. The van der Waals surface area contributed by atoms with Crippen molar-refractivity contribution in [1.82, 2.24) is 0 Å². The van der Waals surface area contributed by atoms with Gasteiger partial charge in [0.15, 0.2) is 11.6 Å². The van der Waals surface area contributed by atoms with E-state index in [9.17, 15) is 14.7 Å². The van der Waals surface area contributed by atoms with Gasteiger partial charge in [-0.15, -0.1) is 0 Å². The van der Waals surface area contributed by atoms with Gasteiger partial charge >= 0.3 is 0 Å². The highest BCUT2D eigenvalue weighted by molar-refractivity contribution is 6.01. The van der Waals surface area contributed by atoms with Crippen molar-refractivity contribution >= 4 is 11.6 Å². The number of aliphatic hydroxyl groups is 1. The number of ether oxygens (including phenoxy) is 1. The fourth-order valence-corrected chi connectivity index (χ4v) is 7.73. The molecule has 4 aliphatic carbocycles.